The van der Waals surface area contributed by atoms with E-state index in [9.17, 15) is 0 Å². The minimum absolute atomic E-state index is 0.559. The van der Waals surface area contributed by atoms with Crippen molar-refractivity contribution in [2.75, 3.05) is 4.90 Å². The average Bonchev–Trinajstić information content (AvgIpc) is 3.96. The molecule has 3 heteroatoms. The molecule has 1 aliphatic carbocycles. The molecule has 13 rings (SSSR count). The van der Waals surface area contributed by atoms with Crippen LogP contribution >= 0.6 is 0 Å². The molecule has 12 aromatic rings. The standard InChI is InChI=1S/C64H48N2O/c1-3-19-43(20-4-1)48-29-15-21-45-22-16-31-53(62(45)48)50-25-7-11-34-57(50)65(47-41-39-44(40-42-47)49-30-18-38-61-63(49)56-28-10-14-37-60(56)67-61)58-35-12-8-26-51(58)54-32-17-33-55-52-27-9-13-36-59(52)66(64(54)55)46-23-5-2-6-24-46/h2,5-18,21-43H,1,3-4,19-20H2. The number of fused-ring (bicyclic) bond motifs is 7. The molecule has 0 aliphatic heterocycles. The zero-order valence-electron chi connectivity index (χ0n) is 37.3. The Labute approximate surface area is 390 Å². The molecule has 1 fully saturated rings. The Kier molecular flexibility index (Phi) is 9.60. The minimum Gasteiger partial charge on any atom is -0.456 e. The Morgan fingerprint density at radius 3 is 1.79 bits per heavy atom. The van der Waals surface area contributed by atoms with E-state index in [2.05, 4.69) is 228 Å². The fourth-order valence-corrected chi connectivity index (χ4v) is 11.4. The fourth-order valence-electron chi connectivity index (χ4n) is 11.4. The van der Waals surface area contributed by atoms with Crippen molar-refractivity contribution in [1.82, 2.24) is 4.57 Å². The van der Waals surface area contributed by atoms with Gasteiger partial charge in [-0.25, -0.2) is 0 Å². The summed E-state index contributed by atoms with van der Waals surface area (Å²) in [5, 5.41) is 7.42. The van der Waals surface area contributed by atoms with E-state index in [0.29, 0.717) is 5.92 Å². The van der Waals surface area contributed by atoms with Crippen LogP contribution in [0.4, 0.5) is 17.1 Å². The lowest BCUT2D eigenvalue weighted by atomic mass is 9.80. The molecule has 0 amide bonds. The van der Waals surface area contributed by atoms with Crippen LogP contribution in [-0.2, 0) is 0 Å². The van der Waals surface area contributed by atoms with Crippen LogP contribution in [0.3, 0.4) is 0 Å². The molecule has 3 nitrogen and oxygen atoms in total. The first kappa shape index (κ1) is 39.2. The van der Waals surface area contributed by atoms with Crippen molar-refractivity contribution in [2.45, 2.75) is 38.0 Å². The second kappa shape index (κ2) is 16.4. The first-order valence-corrected chi connectivity index (χ1v) is 23.9. The van der Waals surface area contributed by atoms with Gasteiger partial charge >= 0.3 is 0 Å². The summed E-state index contributed by atoms with van der Waals surface area (Å²) in [6, 6.07) is 82.4. The highest BCUT2D eigenvalue weighted by Gasteiger charge is 2.26. The lowest BCUT2D eigenvalue weighted by Gasteiger charge is -2.31. The molecular weight excluding hydrogens is 813 g/mol. The van der Waals surface area contributed by atoms with Crippen molar-refractivity contribution < 1.29 is 4.42 Å². The van der Waals surface area contributed by atoms with Crippen molar-refractivity contribution in [1.29, 1.82) is 0 Å². The molecule has 1 saturated carbocycles. The summed E-state index contributed by atoms with van der Waals surface area (Å²) < 4.78 is 8.81. The quantitative estimate of drug-likeness (QED) is 0.152. The number of anilines is 3. The summed E-state index contributed by atoms with van der Waals surface area (Å²) in [7, 11) is 0. The normalized spacial score (nSPS) is 13.3. The van der Waals surface area contributed by atoms with Crippen molar-refractivity contribution in [2.24, 2.45) is 0 Å². The van der Waals surface area contributed by atoms with E-state index in [1.54, 1.807) is 0 Å². The number of para-hydroxylation sites is 6. The van der Waals surface area contributed by atoms with Crippen LogP contribution in [0.5, 0.6) is 0 Å². The van der Waals surface area contributed by atoms with Crippen LogP contribution in [0.1, 0.15) is 43.6 Å². The molecule has 10 aromatic carbocycles. The maximum Gasteiger partial charge on any atom is 0.136 e. The molecule has 0 N–H and O–H groups in total. The van der Waals surface area contributed by atoms with Gasteiger partial charge in [0.2, 0.25) is 0 Å². The smallest absolute Gasteiger partial charge is 0.136 e. The average molecular weight is 861 g/mol. The van der Waals surface area contributed by atoms with E-state index in [0.717, 1.165) is 61.4 Å². The summed E-state index contributed by atoms with van der Waals surface area (Å²) in [6.45, 7) is 0. The lowest BCUT2D eigenvalue weighted by molar-refractivity contribution is 0.445. The first-order valence-electron chi connectivity index (χ1n) is 23.9. The van der Waals surface area contributed by atoms with Crippen molar-refractivity contribution >= 4 is 71.6 Å². The van der Waals surface area contributed by atoms with Gasteiger partial charge in [-0.1, -0.05) is 189 Å². The summed E-state index contributed by atoms with van der Waals surface area (Å²) in [5.41, 5.74) is 17.3. The van der Waals surface area contributed by atoms with Gasteiger partial charge in [0, 0.05) is 49.6 Å². The van der Waals surface area contributed by atoms with Gasteiger partial charge in [0.1, 0.15) is 11.2 Å². The van der Waals surface area contributed by atoms with Crippen molar-refractivity contribution in [3.63, 3.8) is 0 Å². The number of hydrogen-bond acceptors (Lipinski definition) is 2. The zero-order valence-corrected chi connectivity index (χ0v) is 37.3. The number of rotatable bonds is 8. The van der Waals surface area contributed by atoms with E-state index in [1.165, 1.54) is 86.9 Å². The van der Waals surface area contributed by atoms with Gasteiger partial charge in [0.05, 0.1) is 22.4 Å². The Bertz CT molecular complexity index is 3790. The maximum atomic E-state index is 6.36. The number of aromatic nitrogens is 1. The number of furan rings is 1. The van der Waals surface area contributed by atoms with Crippen LogP contribution in [0, 0.1) is 0 Å². The van der Waals surface area contributed by atoms with Gasteiger partial charge in [-0.2, -0.15) is 0 Å². The third-order valence-corrected chi connectivity index (χ3v) is 14.4. The largest absolute Gasteiger partial charge is 0.456 e. The van der Waals surface area contributed by atoms with E-state index in [-0.39, 0.29) is 0 Å². The maximum absolute atomic E-state index is 6.36. The fraction of sp³-hybridized carbons (Fsp3) is 0.0938. The monoisotopic (exact) mass is 860 g/mol. The van der Waals surface area contributed by atoms with Crippen LogP contribution in [0.2, 0.25) is 0 Å². The van der Waals surface area contributed by atoms with E-state index in [4.69, 9.17) is 4.42 Å². The molecule has 320 valence electrons. The highest BCUT2D eigenvalue weighted by molar-refractivity contribution is 6.16. The van der Waals surface area contributed by atoms with E-state index in [1.807, 2.05) is 6.07 Å². The zero-order chi connectivity index (χ0) is 44.3. The SMILES string of the molecule is c1ccc(-n2c3ccccc3c3cccc(-c4ccccc4N(c4ccc(-c5cccc6oc7ccccc7c56)cc4)c4ccccc4-c4cccc5cccc(C6CCCCC6)c45)c32)cc1. The van der Waals surface area contributed by atoms with Gasteiger partial charge in [0.15, 0.2) is 0 Å². The molecule has 0 saturated heterocycles. The Morgan fingerprint density at radius 1 is 0.403 bits per heavy atom. The molecule has 0 bridgehead atoms. The third-order valence-electron chi connectivity index (χ3n) is 14.4. The minimum atomic E-state index is 0.559. The lowest BCUT2D eigenvalue weighted by Crippen LogP contribution is -2.13. The van der Waals surface area contributed by atoms with Crippen LogP contribution in [-0.4, -0.2) is 4.57 Å². The summed E-state index contributed by atoms with van der Waals surface area (Å²) >= 11 is 0. The number of benzene rings is 10. The molecular formula is C64H48N2O. The Balaban J connectivity index is 1.06. The molecule has 2 heterocycles. The van der Waals surface area contributed by atoms with E-state index >= 15 is 0 Å². The van der Waals surface area contributed by atoms with Crippen molar-refractivity contribution in [3.05, 3.63) is 230 Å². The molecule has 67 heavy (non-hydrogen) atoms. The predicted octanol–water partition coefficient (Wildman–Crippen LogP) is 18.4. The summed E-state index contributed by atoms with van der Waals surface area (Å²) in [6.07, 6.45) is 6.41. The summed E-state index contributed by atoms with van der Waals surface area (Å²) in [5.74, 6) is 0.559. The Morgan fingerprint density at radius 2 is 0.985 bits per heavy atom. The van der Waals surface area contributed by atoms with Gasteiger partial charge in [-0.3, -0.25) is 0 Å². The highest BCUT2D eigenvalue weighted by Crippen LogP contribution is 2.50. The second-order valence-corrected chi connectivity index (χ2v) is 18.2. The summed E-state index contributed by atoms with van der Waals surface area (Å²) in [4.78, 5) is 2.51. The Hall–Kier alpha value is -8.14. The van der Waals surface area contributed by atoms with Crippen molar-refractivity contribution in [3.8, 4) is 39.1 Å². The second-order valence-electron chi connectivity index (χ2n) is 18.2. The predicted molar refractivity (Wildman–Crippen MR) is 282 cm³/mol. The van der Waals surface area contributed by atoms with Gasteiger partial charge < -0.3 is 13.9 Å². The molecule has 2 aromatic heterocycles. The van der Waals surface area contributed by atoms with Crippen LogP contribution in [0.15, 0.2) is 229 Å². The van der Waals surface area contributed by atoms with Crippen LogP contribution in [0.25, 0.3) is 93.6 Å². The van der Waals surface area contributed by atoms with Gasteiger partial charge in [0.25, 0.3) is 0 Å². The molecule has 1 aliphatic rings. The van der Waals surface area contributed by atoms with Crippen LogP contribution < -0.4 is 4.90 Å². The topological polar surface area (TPSA) is 21.3 Å². The molecule has 0 atom stereocenters. The highest BCUT2D eigenvalue weighted by atomic mass is 16.3. The first-order chi connectivity index (χ1) is 33.3. The third kappa shape index (κ3) is 6.56. The number of nitrogens with zero attached hydrogens (tertiary/aromatic N) is 2. The molecule has 0 radical (unpaired) electrons. The van der Waals surface area contributed by atoms with E-state index < -0.39 is 0 Å². The van der Waals surface area contributed by atoms with Gasteiger partial charge in [-0.15, -0.1) is 0 Å². The van der Waals surface area contributed by atoms with Gasteiger partial charge in [-0.05, 0) is 106 Å². The molecule has 0 spiro atoms. The number of hydrogen-bond donors (Lipinski definition) is 0. The molecule has 0 unspecified atom stereocenters.